The van der Waals surface area contributed by atoms with Crippen molar-refractivity contribution in [2.24, 2.45) is 0 Å². The van der Waals surface area contributed by atoms with Gasteiger partial charge in [-0.1, -0.05) is 32.0 Å². The van der Waals surface area contributed by atoms with Crippen LogP contribution < -0.4 is 4.74 Å². The molecule has 3 nitrogen and oxygen atoms in total. The Labute approximate surface area is 184 Å². The van der Waals surface area contributed by atoms with Crippen molar-refractivity contribution in [1.29, 1.82) is 0 Å². The minimum absolute atomic E-state index is 0.0207. The van der Waals surface area contributed by atoms with Crippen molar-refractivity contribution in [3.63, 3.8) is 0 Å². The molecule has 1 N–H and O–H groups in total. The summed E-state index contributed by atoms with van der Waals surface area (Å²) in [6.45, 7) is 3.53. The van der Waals surface area contributed by atoms with Crippen molar-refractivity contribution in [2.75, 3.05) is 6.61 Å². The molecule has 2 heterocycles. The number of aromatic nitrogens is 1. The fourth-order valence-corrected chi connectivity index (χ4v) is 4.66. The number of ether oxygens (including phenoxy) is 1. The van der Waals surface area contributed by atoms with Crippen LogP contribution in [0.1, 0.15) is 43.4 Å². The van der Waals surface area contributed by atoms with Crippen LogP contribution in [0.4, 0.5) is 17.6 Å². The highest BCUT2D eigenvalue weighted by molar-refractivity contribution is 5.81. The van der Waals surface area contributed by atoms with E-state index in [4.69, 9.17) is 4.74 Å². The maximum Gasteiger partial charge on any atom is 0.417 e. The number of fused-ring (bicyclic) bond motifs is 2. The van der Waals surface area contributed by atoms with Gasteiger partial charge in [0, 0.05) is 29.1 Å². The molecule has 7 heteroatoms. The van der Waals surface area contributed by atoms with Gasteiger partial charge in [0.1, 0.15) is 11.6 Å². The summed E-state index contributed by atoms with van der Waals surface area (Å²) in [6, 6.07) is 11.4. The highest BCUT2D eigenvalue weighted by atomic mass is 19.4. The largest absolute Gasteiger partial charge is 0.493 e. The first kappa shape index (κ1) is 22.5. The van der Waals surface area contributed by atoms with Crippen molar-refractivity contribution in [2.45, 2.75) is 56.7 Å². The lowest BCUT2D eigenvalue weighted by molar-refractivity contribution is -0.269. The Bertz CT molecular complexity index is 1140. The third-order valence-corrected chi connectivity index (χ3v) is 6.28. The van der Waals surface area contributed by atoms with E-state index in [9.17, 15) is 22.7 Å². The molecule has 0 aliphatic carbocycles. The normalized spacial score (nSPS) is 16.0. The molecule has 0 bridgehead atoms. The van der Waals surface area contributed by atoms with Gasteiger partial charge in [-0.15, -0.1) is 0 Å². The molecule has 3 aromatic rings. The van der Waals surface area contributed by atoms with Crippen molar-refractivity contribution in [1.82, 2.24) is 4.98 Å². The summed E-state index contributed by atoms with van der Waals surface area (Å²) in [7, 11) is 0. The topological polar surface area (TPSA) is 42.4 Å². The van der Waals surface area contributed by atoms with E-state index in [1.807, 2.05) is 6.07 Å². The zero-order chi connectivity index (χ0) is 23.1. The van der Waals surface area contributed by atoms with Gasteiger partial charge in [-0.2, -0.15) is 13.2 Å². The summed E-state index contributed by atoms with van der Waals surface area (Å²) in [5, 5.41) is 11.7. The predicted molar refractivity (Wildman–Crippen MR) is 114 cm³/mol. The summed E-state index contributed by atoms with van der Waals surface area (Å²) >= 11 is 0. The molecular weight excluding hydrogens is 422 g/mol. The fraction of sp³-hybridized carbons (Fsp3) is 0.400. The third kappa shape index (κ3) is 4.18. The van der Waals surface area contributed by atoms with Gasteiger partial charge in [0.25, 0.3) is 0 Å². The summed E-state index contributed by atoms with van der Waals surface area (Å²) in [6.07, 6.45) is -3.84. The van der Waals surface area contributed by atoms with Crippen LogP contribution in [0.3, 0.4) is 0 Å². The first-order chi connectivity index (χ1) is 15.0. The van der Waals surface area contributed by atoms with E-state index >= 15 is 0 Å². The van der Waals surface area contributed by atoms with E-state index in [0.717, 1.165) is 5.39 Å². The lowest BCUT2D eigenvalue weighted by Gasteiger charge is -2.38. The second-order valence-electron chi connectivity index (χ2n) is 9.12. The maximum atomic E-state index is 14.2. The molecule has 0 spiro atoms. The van der Waals surface area contributed by atoms with Gasteiger partial charge in [0.2, 0.25) is 0 Å². The molecule has 0 fully saturated rings. The molecule has 0 unspecified atom stereocenters. The van der Waals surface area contributed by atoms with Crippen LogP contribution in [0, 0.1) is 5.82 Å². The van der Waals surface area contributed by atoms with Crippen LogP contribution in [0.5, 0.6) is 5.75 Å². The van der Waals surface area contributed by atoms with Crippen molar-refractivity contribution < 1.29 is 27.4 Å². The zero-order valence-corrected chi connectivity index (χ0v) is 18.0. The van der Waals surface area contributed by atoms with Crippen LogP contribution in [0.25, 0.3) is 10.9 Å². The lowest BCUT2D eigenvalue weighted by Crippen LogP contribution is -2.49. The average molecular weight is 447 g/mol. The number of rotatable bonds is 6. The maximum absolute atomic E-state index is 14.2. The van der Waals surface area contributed by atoms with E-state index in [0.29, 0.717) is 41.0 Å². The van der Waals surface area contributed by atoms with E-state index in [2.05, 4.69) is 4.98 Å². The number of alkyl halides is 3. The first-order valence-corrected chi connectivity index (χ1v) is 10.6. The number of hydrogen-bond acceptors (Lipinski definition) is 3. The number of aryl methyl sites for hydroxylation is 1. The number of aliphatic hydroxyl groups is 1. The van der Waals surface area contributed by atoms with E-state index in [1.54, 1.807) is 44.3 Å². The van der Waals surface area contributed by atoms with Crippen molar-refractivity contribution >= 4 is 10.9 Å². The number of hydrogen-bond donors (Lipinski definition) is 1. The number of pyridine rings is 1. The van der Waals surface area contributed by atoms with Crippen LogP contribution >= 0.6 is 0 Å². The second kappa shape index (κ2) is 8.03. The smallest absolute Gasteiger partial charge is 0.417 e. The lowest BCUT2D eigenvalue weighted by atomic mass is 9.72. The number of halogens is 4. The fourth-order valence-electron chi connectivity index (χ4n) is 4.66. The van der Waals surface area contributed by atoms with E-state index < -0.39 is 35.9 Å². The highest BCUT2D eigenvalue weighted by Crippen LogP contribution is 2.47. The van der Waals surface area contributed by atoms with Crippen LogP contribution in [0.15, 0.2) is 48.7 Å². The van der Waals surface area contributed by atoms with Crippen molar-refractivity contribution in [3.05, 3.63) is 71.2 Å². The van der Waals surface area contributed by atoms with Crippen LogP contribution in [0.2, 0.25) is 0 Å². The Balaban J connectivity index is 1.65. The average Bonchev–Trinajstić information content (AvgIpc) is 3.18. The molecule has 0 saturated carbocycles. The van der Waals surface area contributed by atoms with Gasteiger partial charge in [0.15, 0.2) is 5.60 Å². The van der Waals surface area contributed by atoms with Crippen molar-refractivity contribution in [3.8, 4) is 5.75 Å². The summed E-state index contributed by atoms with van der Waals surface area (Å²) in [5.74, 6) is -0.0859. The molecule has 1 aliphatic rings. The summed E-state index contributed by atoms with van der Waals surface area (Å²) in [4.78, 5) is 4.24. The molecular formula is C25H25F4NO2. The second-order valence-corrected chi connectivity index (χ2v) is 9.12. The highest BCUT2D eigenvalue weighted by Gasteiger charge is 2.55. The molecule has 2 aromatic carbocycles. The molecule has 0 amide bonds. The predicted octanol–water partition coefficient (Wildman–Crippen LogP) is 5.90. The Morgan fingerprint density at radius 1 is 1.09 bits per heavy atom. The molecule has 170 valence electrons. The third-order valence-electron chi connectivity index (χ3n) is 6.28. The number of nitrogens with zero attached hydrogens (tertiary/aromatic N) is 1. The Hall–Kier alpha value is -2.67. The standard InChI is InChI=1S/C25H25F4NO2/c1-23(2,20-14-18(26)13-17-9-12-32-22(17)20)15-24(31,25(27,28)29)10-8-16-5-3-7-21-19(16)6-4-11-30-21/h3-7,11,13-14,31H,8-10,12,15H2,1-2H3/t24-/m0/s1. The van der Waals surface area contributed by atoms with Gasteiger partial charge < -0.3 is 9.84 Å². The number of benzene rings is 2. The van der Waals surface area contributed by atoms with Gasteiger partial charge in [-0.25, -0.2) is 4.39 Å². The SMILES string of the molecule is CC(C)(C[C@@](O)(CCc1cccc2ncccc12)C(F)(F)F)c1cc(F)cc2c1OCC2. The molecule has 1 aliphatic heterocycles. The van der Waals surface area contributed by atoms with E-state index in [-0.39, 0.29) is 6.42 Å². The van der Waals surface area contributed by atoms with Gasteiger partial charge in [-0.3, -0.25) is 4.98 Å². The van der Waals surface area contributed by atoms with Crippen LogP contribution in [-0.4, -0.2) is 28.5 Å². The summed E-state index contributed by atoms with van der Waals surface area (Å²) in [5.41, 5.74) is -1.77. The molecule has 32 heavy (non-hydrogen) atoms. The monoisotopic (exact) mass is 447 g/mol. The van der Waals surface area contributed by atoms with Gasteiger partial charge in [0.05, 0.1) is 12.1 Å². The minimum atomic E-state index is -4.86. The molecule has 0 saturated heterocycles. The molecule has 0 radical (unpaired) electrons. The summed E-state index contributed by atoms with van der Waals surface area (Å²) < 4.78 is 62.3. The zero-order valence-electron chi connectivity index (χ0n) is 18.0. The van der Waals surface area contributed by atoms with Crippen LogP contribution in [-0.2, 0) is 18.3 Å². The minimum Gasteiger partial charge on any atom is -0.493 e. The molecule has 1 atom stereocenters. The Morgan fingerprint density at radius 2 is 1.88 bits per heavy atom. The van der Waals surface area contributed by atoms with Gasteiger partial charge >= 0.3 is 6.18 Å². The Kier molecular flexibility index (Phi) is 5.65. The molecule has 1 aromatic heterocycles. The molecule has 4 rings (SSSR count). The Morgan fingerprint density at radius 3 is 2.62 bits per heavy atom. The van der Waals surface area contributed by atoms with E-state index in [1.165, 1.54) is 12.1 Å². The van der Waals surface area contributed by atoms with Gasteiger partial charge in [-0.05, 0) is 54.5 Å². The first-order valence-electron chi connectivity index (χ1n) is 10.6. The quantitative estimate of drug-likeness (QED) is 0.478.